The van der Waals surface area contributed by atoms with Gasteiger partial charge in [-0.2, -0.15) is 0 Å². The third-order valence-corrected chi connectivity index (χ3v) is 4.91. The predicted molar refractivity (Wildman–Crippen MR) is 75.7 cm³/mol. The fourth-order valence-corrected chi connectivity index (χ4v) is 3.52. The highest BCUT2D eigenvalue weighted by molar-refractivity contribution is 5.84. The van der Waals surface area contributed by atoms with Crippen molar-refractivity contribution in [1.29, 1.82) is 0 Å². The van der Waals surface area contributed by atoms with Crippen molar-refractivity contribution in [3.63, 3.8) is 0 Å². The Bertz CT molecular complexity index is 343. The average molecular weight is 268 g/mol. The van der Waals surface area contributed by atoms with Gasteiger partial charge >= 0.3 is 0 Å². The molecular formula is C15H28N2O2. The maximum Gasteiger partial charge on any atom is 0.241 e. The first-order valence-electron chi connectivity index (χ1n) is 7.67. The van der Waals surface area contributed by atoms with E-state index in [9.17, 15) is 4.79 Å². The van der Waals surface area contributed by atoms with E-state index in [4.69, 9.17) is 4.74 Å². The van der Waals surface area contributed by atoms with Crippen LogP contribution in [0.5, 0.6) is 0 Å². The van der Waals surface area contributed by atoms with E-state index in [1.54, 1.807) is 0 Å². The molecule has 0 aromatic carbocycles. The number of carbonyl (C=O) groups is 1. The van der Waals surface area contributed by atoms with E-state index in [2.05, 4.69) is 37.9 Å². The van der Waals surface area contributed by atoms with Crippen LogP contribution in [0.15, 0.2) is 0 Å². The van der Waals surface area contributed by atoms with Crippen LogP contribution < -0.4 is 5.32 Å². The van der Waals surface area contributed by atoms with Gasteiger partial charge in [-0.25, -0.2) is 0 Å². The predicted octanol–water partition coefficient (Wildman–Crippen LogP) is 2.14. The lowest BCUT2D eigenvalue weighted by Gasteiger charge is -2.55. The summed E-state index contributed by atoms with van der Waals surface area (Å²) in [6, 6.07) is 0.317. The molecule has 19 heavy (non-hydrogen) atoms. The molecule has 0 radical (unpaired) electrons. The minimum atomic E-state index is 0.00638. The quantitative estimate of drug-likeness (QED) is 0.830. The van der Waals surface area contributed by atoms with Gasteiger partial charge in [0.05, 0.1) is 18.3 Å². The molecule has 1 amide bonds. The van der Waals surface area contributed by atoms with Crippen molar-refractivity contribution < 1.29 is 9.53 Å². The van der Waals surface area contributed by atoms with Gasteiger partial charge in [-0.1, -0.05) is 27.7 Å². The van der Waals surface area contributed by atoms with Crippen LogP contribution in [0.3, 0.4) is 0 Å². The fourth-order valence-electron chi connectivity index (χ4n) is 3.52. The Balaban J connectivity index is 2.11. The third kappa shape index (κ3) is 2.29. The molecule has 0 spiro atoms. The van der Waals surface area contributed by atoms with Gasteiger partial charge in [0.2, 0.25) is 5.91 Å². The SMILES string of the molecule is CCOC1CC(N2C(=O)C(CC)NC2CC)C1(C)C. The number of ether oxygens (including phenoxy) is 1. The van der Waals surface area contributed by atoms with Crippen molar-refractivity contribution in [2.45, 2.75) is 78.2 Å². The van der Waals surface area contributed by atoms with Gasteiger partial charge in [0.1, 0.15) is 0 Å². The van der Waals surface area contributed by atoms with Crippen molar-refractivity contribution in [2.24, 2.45) is 5.41 Å². The Kier molecular flexibility index (Phi) is 4.21. The Morgan fingerprint density at radius 1 is 1.32 bits per heavy atom. The Hall–Kier alpha value is -0.610. The highest BCUT2D eigenvalue weighted by Gasteiger charge is 2.56. The Morgan fingerprint density at radius 3 is 2.47 bits per heavy atom. The Labute approximate surface area is 116 Å². The minimum Gasteiger partial charge on any atom is -0.378 e. The summed E-state index contributed by atoms with van der Waals surface area (Å²) in [6.45, 7) is 11.4. The molecule has 1 saturated heterocycles. The van der Waals surface area contributed by atoms with E-state index in [-0.39, 0.29) is 29.6 Å². The Morgan fingerprint density at radius 2 is 2.00 bits per heavy atom. The van der Waals surface area contributed by atoms with Gasteiger partial charge in [0.25, 0.3) is 0 Å². The topological polar surface area (TPSA) is 41.6 Å². The van der Waals surface area contributed by atoms with Crippen LogP contribution in [0.2, 0.25) is 0 Å². The summed E-state index contributed by atoms with van der Waals surface area (Å²) in [7, 11) is 0. The van der Waals surface area contributed by atoms with Gasteiger partial charge in [-0.05, 0) is 26.2 Å². The van der Waals surface area contributed by atoms with E-state index in [0.29, 0.717) is 6.04 Å². The van der Waals surface area contributed by atoms with Crippen LogP contribution in [0.1, 0.15) is 53.9 Å². The zero-order valence-corrected chi connectivity index (χ0v) is 12.9. The molecule has 0 aromatic heterocycles. The van der Waals surface area contributed by atoms with Gasteiger partial charge in [-0.15, -0.1) is 0 Å². The van der Waals surface area contributed by atoms with Crippen LogP contribution in [0.4, 0.5) is 0 Å². The molecular weight excluding hydrogens is 240 g/mol. The number of nitrogens with one attached hydrogen (secondary N) is 1. The maximum absolute atomic E-state index is 12.5. The summed E-state index contributed by atoms with van der Waals surface area (Å²) in [6.07, 6.45) is 3.29. The molecule has 1 N–H and O–H groups in total. The van der Waals surface area contributed by atoms with Gasteiger partial charge in [0, 0.05) is 18.1 Å². The molecule has 4 heteroatoms. The van der Waals surface area contributed by atoms with E-state index < -0.39 is 0 Å². The van der Waals surface area contributed by atoms with Crippen molar-refractivity contribution >= 4 is 5.91 Å². The summed E-state index contributed by atoms with van der Waals surface area (Å²) in [5.74, 6) is 0.280. The zero-order chi connectivity index (χ0) is 14.2. The first-order valence-corrected chi connectivity index (χ1v) is 7.67. The number of hydrogen-bond acceptors (Lipinski definition) is 3. The van der Waals surface area contributed by atoms with Crippen molar-refractivity contribution in [3.05, 3.63) is 0 Å². The molecule has 4 unspecified atom stereocenters. The van der Waals surface area contributed by atoms with Crippen molar-refractivity contribution in [3.8, 4) is 0 Å². The maximum atomic E-state index is 12.5. The van der Waals surface area contributed by atoms with Crippen LogP contribution in [-0.2, 0) is 9.53 Å². The number of carbonyl (C=O) groups excluding carboxylic acids is 1. The fraction of sp³-hybridized carbons (Fsp3) is 0.933. The van der Waals surface area contributed by atoms with Crippen molar-refractivity contribution in [1.82, 2.24) is 10.2 Å². The van der Waals surface area contributed by atoms with Crippen LogP contribution >= 0.6 is 0 Å². The van der Waals surface area contributed by atoms with Crippen LogP contribution in [0.25, 0.3) is 0 Å². The largest absolute Gasteiger partial charge is 0.378 e. The number of rotatable bonds is 5. The first-order chi connectivity index (χ1) is 8.97. The molecule has 1 aliphatic carbocycles. The van der Waals surface area contributed by atoms with Gasteiger partial charge < -0.3 is 9.64 Å². The summed E-state index contributed by atoms with van der Waals surface area (Å²) >= 11 is 0. The number of nitrogens with zero attached hydrogens (tertiary/aromatic N) is 1. The molecule has 0 aromatic rings. The van der Waals surface area contributed by atoms with Gasteiger partial charge in [0.15, 0.2) is 0 Å². The van der Waals surface area contributed by atoms with E-state index in [0.717, 1.165) is 25.9 Å². The monoisotopic (exact) mass is 268 g/mol. The molecule has 2 aliphatic rings. The minimum absolute atomic E-state index is 0.00638. The lowest BCUT2D eigenvalue weighted by atomic mass is 9.63. The van der Waals surface area contributed by atoms with E-state index in [1.165, 1.54) is 0 Å². The average Bonchev–Trinajstić information content (AvgIpc) is 2.70. The van der Waals surface area contributed by atoms with Crippen molar-refractivity contribution in [2.75, 3.05) is 6.61 Å². The standard InChI is InChI=1S/C15H28N2O2/c1-6-10-14(18)17(13(7-2)16-10)11-9-12(19-8-3)15(11,4)5/h10-13,16H,6-9H2,1-5H3. The molecule has 2 fully saturated rings. The van der Waals surface area contributed by atoms with E-state index >= 15 is 0 Å². The lowest BCUT2D eigenvalue weighted by molar-refractivity contribution is -0.168. The summed E-state index contributed by atoms with van der Waals surface area (Å²) in [4.78, 5) is 14.6. The molecule has 1 saturated carbocycles. The van der Waals surface area contributed by atoms with Crippen LogP contribution in [0, 0.1) is 5.41 Å². The zero-order valence-electron chi connectivity index (χ0n) is 12.9. The highest BCUT2D eigenvalue weighted by atomic mass is 16.5. The summed E-state index contributed by atoms with van der Waals surface area (Å²) in [5.41, 5.74) is 0.0589. The summed E-state index contributed by atoms with van der Waals surface area (Å²) < 4.78 is 5.78. The highest BCUT2D eigenvalue weighted by Crippen LogP contribution is 2.47. The summed E-state index contributed by atoms with van der Waals surface area (Å²) in [5, 5.41) is 3.46. The number of hydrogen-bond donors (Lipinski definition) is 1. The smallest absolute Gasteiger partial charge is 0.241 e. The molecule has 1 aliphatic heterocycles. The second kappa shape index (κ2) is 5.41. The molecule has 2 rings (SSSR count). The molecule has 4 atom stereocenters. The van der Waals surface area contributed by atoms with E-state index in [1.807, 2.05) is 6.92 Å². The molecule has 1 heterocycles. The van der Waals surface area contributed by atoms with Gasteiger partial charge in [-0.3, -0.25) is 10.1 Å². The normalized spacial score (nSPS) is 37.5. The second-order valence-electron chi connectivity index (χ2n) is 6.31. The third-order valence-electron chi connectivity index (χ3n) is 4.91. The first kappa shape index (κ1) is 14.8. The molecule has 4 nitrogen and oxygen atoms in total. The lowest BCUT2D eigenvalue weighted by Crippen LogP contribution is -2.64. The molecule has 0 bridgehead atoms. The number of amides is 1. The van der Waals surface area contributed by atoms with Crippen LogP contribution in [-0.4, -0.2) is 41.8 Å². The molecule has 110 valence electrons. The second-order valence-corrected chi connectivity index (χ2v) is 6.31.